The molecule has 48 heavy (non-hydrogen) atoms. The minimum Gasteiger partial charge on any atom is -0.488 e. The molecule has 0 amide bonds. The molecule has 2 unspecified atom stereocenters. The third-order valence-corrected chi connectivity index (χ3v) is 10.4. The highest BCUT2D eigenvalue weighted by Crippen LogP contribution is 2.43. The van der Waals surface area contributed by atoms with Gasteiger partial charge in [0.05, 0.1) is 33.5 Å². The summed E-state index contributed by atoms with van der Waals surface area (Å²) >= 11 is 3.54. The molecule has 6 rings (SSSR count). The van der Waals surface area contributed by atoms with Crippen molar-refractivity contribution in [2.75, 3.05) is 17.7 Å². The van der Waals surface area contributed by atoms with Crippen LogP contribution in [0.4, 0.5) is 20.3 Å². The molecule has 1 aliphatic heterocycles. The van der Waals surface area contributed by atoms with Gasteiger partial charge in [0.25, 0.3) is 0 Å². The monoisotopic (exact) mass is 735 g/mol. The first-order chi connectivity index (χ1) is 23.2. The van der Waals surface area contributed by atoms with Crippen molar-refractivity contribution in [3.63, 3.8) is 0 Å². The zero-order valence-electron chi connectivity index (χ0n) is 25.9. The zero-order chi connectivity index (χ0) is 33.7. The molecule has 1 N–H and O–H groups in total. The number of nitrogens with zero attached hydrogens (tertiary/aromatic N) is 2. The number of hydrogen-bond donors (Lipinski definition) is 1. The summed E-state index contributed by atoms with van der Waals surface area (Å²) in [6, 6.07) is 22.8. The van der Waals surface area contributed by atoms with Crippen LogP contribution in [0.2, 0.25) is 0 Å². The van der Waals surface area contributed by atoms with Gasteiger partial charge in [-0.1, -0.05) is 37.3 Å². The van der Waals surface area contributed by atoms with E-state index in [0.29, 0.717) is 51.0 Å². The lowest BCUT2D eigenvalue weighted by molar-refractivity contribution is -0.108. The summed E-state index contributed by atoms with van der Waals surface area (Å²) in [6.07, 6.45) is 4.76. The van der Waals surface area contributed by atoms with E-state index in [2.05, 4.69) is 31.2 Å². The molecule has 1 aliphatic rings. The molecule has 248 valence electrons. The van der Waals surface area contributed by atoms with Gasteiger partial charge in [-0.3, -0.25) is 0 Å². The topological polar surface area (TPSA) is 99.6 Å². The highest BCUT2D eigenvalue weighted by molar-refractivity contribution is 9.10. The molecule has 2 atom stereocenters. The van der Waals surface area contributed by atoms with Crippen molar-refractivity contribution < 1.29 is 31.4 Å². The number of nitrogens with one attached hydrogen (secondary N) is 1. The molecule has 0 aliphatic carbocycles. The fourth-order valence-corrected chi connectivity index (χ4v) is 7.36. The van der Waals surface area contributed by atoms with Crippen LogP contribution in [0.25, 0.3) is 10.9 Å². The van der Waals surface area contributed by atoms with Crippen LogP contribution in [0.5, 0.6) is 5.75 Å². The molecular formula is C36H32BrF2N3O5S. The van der Waals surface area contributed by atoms with E-state index in [-0.39, 0.29) is 35.2 Å². The van der Waals surface area contributed by atoms with Crippen LogP contribution in [-0.2, 0) is 31.5 Å². The predicted octanol–water partition coefficient (Wildman–Crippen LogP) is 8.39. The van der Waals surface area contributed by atoms with Gasteiger partial charge in [0.1, 0.15) is 42.2 Å². The second kappa shape index (κ2) is 14.4. The second-order valence-electron chi connectivity index (χ2n) is 11.2. The third kappa shape index (κ3) is 7.20. The molecule has 0 saturated heterocycles. The van der Waals surface area contributed by atoms with Gasteiger partial charge in [0.15, 0.2) is 15.4 Å². The minimum absolute atomic E-state index is 0.0945. The van der Waals surface area contributed by atoms with Gasteiger partial charge < -0.3 is 19.5 Å². The molecule has 0 fully saturated rings. The van der Waals surface area contributed by atoms with E-state index in [4.69, 9.17) is 14.2 Å². The van der Waals surface area contributed by atoms with Gasteiger partial charge in [0, 0.05) is 29.1 Å². The van der Waals surface area contributed by atoms with Crippen molar-refractivity contribution in [2.45, 2.75) is 43.0 Å². The zero-order valence-corrected chi connectivity index (χ0v) is 28.3. The van der Waals surface area contributed by atoms with Crippen molar-refractivity contribution in [3.8, 4) is 5.75 Å². The molecule has 12 heteroatoms. The van der Waals surface area contributed by atoms with Crippen LogP contribution >= 0.6 is 15.9 Å². The summed E-state index contributed by atoms with van der Waals surface area (Å²) in [4.78, 5) is 8.96. The predicted molar refractivity (Wildman–Crippen MR) is 183 cm³/mol. The van der Waals surface area contributed by atoms with Crippen molar-refractivity contribution in [1.29, 1.82) is 0 Å². The molecule has 0 bridgehead atoms. The summed E-state index contributed by atoms with van der Waals surface area (Å²) in [5.74, 6) is -0.0910. The van der Waals surface area contributed by atoms with Gasteiger partial charge >= 0.3 is 0 Å². The van der Waals surface area contributed by atoms with Crippen LogP contribution in [0, 0.1) is 11.6 Å². The summed E-state index contributed by atoms with van der Waals surface area (Å²) < 4.78 is 74.1. The number of ether oxygens (including phenoxy) is 3. The first kappa shape index (κ1) is 33.5. The first-order valence-electron chi connectivity index (χ1n) is 15.3. The molecule has 0 saturated carbocycles. The molecule has 0 spiro atoms. The molecule has 1 aromatic heterocycles. The van der Waals surface area contributed by atoms with E-state index in [1.165, 1.54) is 30.8 Å². The Labute approximate surface area is 285 Å². The number of hydrogen-bond acceptors (Lipinski definition) is 8. The lowest BCUT2D eigenvalue weighted by atomic mass is 9.83. The number of aromatic nitrogens is 2. The summed E-state index contributed by atoms with van der Waals surface area (Å²) in [5.41, 5.74) is 0.769. The number of sulfone groups is 1. The second-order valence-corrected chi connectivity index (χ2v) is 14.2. The molecule has 2 heterocycles. The van der Waals surface area contributed by atoms with Crippen molar-refractivity contribution in [3.05, 3.63) is 131 Å². The summed E-state index contributed by atoms with van der Waals surface area (Å²) in [6.45, 7) is 1.99. The average Bonchev–Trinajstić information content (AvgIpc) is 3.57. The van der Waals surface area contributed by atoms with E-state index in [9.17, 15) is 12.8 Å². The Balaban J connectivity index is 1.24. The highest BCUT2D eigenvalue weighted by Gasteiger charge is 2.46. The lowest BCUT2D eigenvalue weighted by Gasteiger charge is -2.37. The third-order valence-electron chi connectivity index (χ3n) is 8.12. The van der Waals surface area contributed by atoms with Crippen molar-refractivity contribution in [2.24, 2.45) is 0 Å². The van der Waals surface area contributed by atoms with Crippen LogP contribution < -0.4 is 10.1 Å². The van der Waals surface area contributed by atoms with Gasteiger partial charge in [-0.2, -0.15) is 0 Å². The summed E-state index contributed by atoms with van der Waals surface area (Å²) in [5, 5.41) is 3.84. The number of halogens is 3. The van der Waals surface area contributed by atoms with E-state index < -0.39 is 27.4 Å². The molecule has 0 radical (unpaired) electrons. The normalized spacial score (nSPS) is 16.5. The van der Waals surface area contributed by atoms with E-state index >= 15 is 4.39 Å². The molecular weight excluding hydrogens is 704 g/mol. The largest absolute Gasteiger partial charge is 0.488 e. The van der Waals surface area contributed by atoms with Crippen LogP contribution in [0.1, 0.15) is 30.9 Å². The van der Waals surface area contributed by atoms with Crippen molar-refractivity contribution >= 4 is 48.2 Å². The maximum Gasteiger partial charge on any atom is 0.180 e. The Kier molecular flexibility index (Phi) is 10.0. The Morgan fingerprint density at radius 1 is 1.02 bits per heavy atom. The summed E-state index contributed by atoms with van der Waals surface area (Å²) in [7, 11) is -3.57. The maximum atomic E-state index is 15.9. The number of rotatable bonds is 13. The fraction of sp³-hybridized carbons (Fsp3) is 0.222. The molecule has 5 aromatic rings. The number of fused-ring (bicyclic) bond motifs is 1. The van der Waals surface area contributed by atoms with Crippen molar-refractivity contribution in [1.82, 2.24) is 9.97 Å². The van der Waals surface area contributed by atoms with Crippen LogP contribution in [0.15, 0.2) is 113 Å². The van der Waals surface area contributed by atoms with E-state index in [1.54, 1.807) is 66.7 Å². The first-order valence-corrected chi connectivity index (χ1v) is 17.7. The quantitative estimate of drug-likeness (QED) is 0.129. The lowest BCUT2D eigenvalue weighted by Crippen LogP contribution is -2.42. The van der Waals surface area contributed by atoms with E-state index in [0.717, 1.165) is 0 Å². The smallest absolute Gasteiger partial charge is 0.180 e. The van der Waals surface area contributed by atoms with Gasteiger partial charge in [-0.05, 0) is 82.5 Å². The minimum atomic E-state index is -3.57. The number of anilines is 2. The Morgan fingerprint density at radius 3 is 2.58 bits per heavy atom. The molecule has 8 nitrogen and oxygen atoms in total. The average molecular weight is 737 g/mol. The Hall–Kier alpha value is -4.39. The van der Waals surface area contributed by atoms with Crippen LogP contribution in [0.3, 0.4) is 0 Å². The van der Waals surface area contributed by atoms with Gasteiger partial charge in [-0.15, -0.1) is 0 Å². The number of benzene rings is 4. The highest BCUT2D eigenvalue weighted by atomic mass is 79.9. The van der Waals surface area contributed by atoms with Gasteiger partial charge in [0.2, 0.25) is 0 Å². The Morgan fingerprint density at radius 2 is 1.85 bits per heavy atom. The molecule has 4 aromatic carbocycles. The standard InChI is InChI=1S/C36H32BrF2N3O5S/c1-2-34(45-16-17-48(43,44)27-10-4-3-5-11-27)36(14-7-15-47-36)29-20-28-32(21-31(29)39)40-23-41-35(28)42-26-12-13-33(30(37)19-26)46-22-24-8-6-9-25(38)18-24/h3-13,15,18-21,23,34H,2,14,16-17,22H2,1H3,(H,40,41,42). The van der Waals surface area contributed by atoms with Crippen LogP contribution in [-0.4, -0.2) is 36.8 Å². The SMILES string of the molecule is CCC(OCCS(=O)(=O)c1ccccc1)C1(c2cc3c(Nc4ccc(OCc5cccc(F)c5)c(Br)c4)ncnc3cc2F)CC=CO1. The van der Waals surface area contributed by atoms with E-state index in [1.807, 2.05) is 13.0 Å². The maximum absolute atomic E-state index is 15.9. The fourth-order valence-electron chi connectivity index (χ4n) is 5.74. The van der Waals surface area contributed by atoms with Gasteiger partial charge in [-0.25, -0.2) is 27.2 Å². The Bertz CT molecular complexity index is 2060.